The molecule has 0 spiro atoms. The molecule has 6 heteroatoms. The summed E-state index contributed by atoms with van der Waals surface area (Å²) >= 11 is 6.89. The second-order valence-corrected chi connectivity index (χ2v) is 5.63. The molecule has 0 aliphatic rings. The fraction of sp³-hybridized carbons (Fsp3) is 0.133. The third-order valence-electron chi connectivity index (χ3n) is 2.60. The van der Waals surface area contributed by atoms with Gasteiger partial charge in [-0.25, -0.2) is 4.39 Å². The van der Waals surface area contributed by atoms with Crippen molar-refractivity contribution in [2.45, 2.75) is 6.92 Å². The van der Waals surface area contributed by atoms with Crippen LogP contribution in [0.15, 0.2) is 24.3 Å². The molecule has 2 aromatic rings. The summed E-state index contributed by atoms with van der Waals surface area (Å²) in [4.78, 5) is 13.3. The van der Waals surface area contributed by atoms with Crippen molar-refractivity contribution >= 4 is 34.5 Å². The van der Waals surface area contributed by atoms with Crippen LogP contribution in [-0.4, -0.2) is 17.6 Å². The number of hydrogen-bond acceptors (Lipinski definition) is 3. The lowest BCUT2D eigenvalue weighted by Crippen LogP contribution is -2.10. The quantitative estimate of drug-likeness (QED) is 0.832. The van der Waals surface area contributed by atoms with Crippen LogP contribution in [0.2, 0.25) is 5.02 Å². The Morgan fingerprint density at radius 2 is 2.24 bits per heavy atom. The number of rotatable bonds is 2. The molecule has 0 atom stereocenters. The molecule has 1 heterocycles. The molecule has 2 N–H and O–H groups in total. The number of anilines is 1. The molecule has 21 heavy (non-hydrogen) atoms. The van der Waals surface area contributed by atoms with Crippen LogP contribution in [0.1, 0.15) is 20.1 Å². The molecule has 1 amide bonds. The van der Waals surface area contributed by atoms with E-state index in [1.807, 2.05) is 6.92 Å². The largest absolute Gasteiger partial charge is 0.384 e. The van der Waals surface area contributed by atoms with E-state index in [0.29, 0.717) is 10.6 Å². The molecule has 108 valence electrons. The number of carbonyl (C=O) groups is 1. The van der Waals surface area contributed by atoms with Crippen molar-refractivity contribution in [3.05, 3.63) is 50.4 Å². The number of halogens is 2. The van der Waals surface area contributed by atoms with Crippen LogP contribution < -0.4 is 5.32 Å². The molecule has 0 bridgehead atoms. The van der Waals surface area contributed by atoms with Crippen molar-refractivity contribution in [2.75, 3.05) is 11.9 Å². The molecule has 1 aromatic carbocycles. The van der Waals surface area contributed by atoms with E-state index < -0.39 is 5.82 Å². The molecule has 2 rings (SSSR count). The standard InChI is InChI=1S/C15H11ClFNO2S/c1-9-7-14(21-13(9)3-2-6-19)15(20)18-10-4-5-12(17)11(16)8-10/h4-5,7-8,19H,6H2,1H3,(H,18,20). The third-order valence-corrected chi connectivity index (χ3v) is 4.04. The highest BCUT2D eigenvalue weighted by molar-refractivity contribution is 7.14. The SMILES string of the molecule is Cc1cc(C(=O)Nc2ccc(F)c(Cl)c2)sc1C#CCO. The maximum absolute atomic E-state index is 13.1. The zero-order chi connectivity index (χ0) is 15.4. The molecule has 0 aliphatic heterocycles. The Labute approximate surface area is 130 Å². The zero-order valence-electron chi connectivity index (χ0n) is 11.0. The van der Waals surface area contributed by atoms with Crippen molar-refractivity contribution in [1.82, 2.24) is 0 Å². The summed E-state index contributed by atoms with van der Waals surface area (Å²) in [6.07, 6.45) is 0. The Kier molecular flexibility index (Phi) is 4.97. The number of carbonyl (C=O) groups excluding carboxylic acids is 1. The Balaban J connectivity index is 2.18. The average Bonchev–Trinajstić information content (AvgIpc) is 2.82. The number of nitrogens with one attached hydrogen (secondary N) is 1. The Morgan fingerprint density at radius 1 is 1.48 bits per heavy atom. The fourth-order valence-corrected chi connectivity index (χ4v) is 2.73. The van der Waals surface area contributed by atoms with Gasteiger partial charge in [0.2, 0.25) is 0 Å². The predicted molar refractivity (Wildman–Crippen MR) is 82.4 cm³/mol. The smallest absolute Gasteiger partial charge is 0.265 e. The van der Waals surface area contributed by atoms with E-state index >= 15 is 0 Å². The highest BCUT2D eigenvalue weighted by atomic mass is 35.5. The number of benzene rings is 1. The lowest BCUT2D eigenvalue weighted by molar-refractivity contribution is 0.103. The number of amides is 1. The van der Waals surface area contributed by atoms with Crippen LogP contribution in [0.4, 0.5) is 10.1 Å². The van der Waals surface area contributed by atoms with Gasteiger partial charge in [0.15, 0.2) is 0 Å². The number of aliphatic hydroxyl groups is 1. The summed E-state index contributed by atoms with van der Waals surface area (Å²) in [5, 5.41) is 11.3. The maximum Gasteiger partial charge on any atom is 0.265 e. The molecule has 0 radical (unpaired) electrons. The topological polar surface area (TPSA) is 49.3 Å². The van der Waals surface area contributed by atoms with E-state index in [2.05, 4.69) is 17.2 Å². The van der Waals surface area contributed by atoms with Gasteiger partial charge in [-0.15, -0.1) is 11.3 Å². The summed E-state index contributed by atoms with van der Waals surface area (Å²) in [6, 6.07) is 5.69. The number of aliphatic hydroxyl groups excluding tert-OH is 1. The van der Waals surface area contributed by atoms with Gasteiger partial charge >= 0.3 is 0 Å². The van der Waals surface area contributed by atoms with Crippen LogP contribution in [0, 0.1) is 24.6 Å². The first kappa shape index (κ1) is 15.5. The maximum atomic E-state index is 13.1. The molecule has 0 saturated heterocycles. The fourth-order valence-electron chi connectivity index (χ4n) is 1.60. The average molecular weight is 324 g/mol. The van der Waals surface area contributed by atoms with Gasteiger partial charge in [-0.2, -0.15) is 0 Å². The lowest BCUT2D eigenvalue weighted by Gasteiger charge is -2.04. The van der Waals surface area contributed by atoms with Gasteiger partial charge in [-0.05, 0) is 36.8 Å². The van der Waals surface area contributed by atoms with E-state index in [1.165, 1.54) is 29.5 Å². The van der Waals surface area contributed by atoms with Crippen LogP contribution in [0.25, 0.3) is 0 Å². The normalized spacial score (nSPS) is 9.90. The van der Waals surface area contributed by atoms with Crippen molar-refractivity contribution in [1.29, 1.82) is 0 Å². The predicted octanol–water partition coefficient (Wildman–Crippen LogP) is 3.45. The van der Waals surface area contributed by atoms with Crippen LogP contribution in [0.3, 0.4) is 0 Å². The minimum absolute atomic E-state index is 0.0512. The van der Waals surface area contributed by atoms with E-state index in [0.717, 1.165) is 10.4 Å². The summed E-state index contributed by atoms with van der Waals surface area (Å²) in [5.74, 6) is 4.48. The van der Waals surface area contributed by atoms with Crippen LogP contribution in [-0.2, 0) is 0 Å². The van der Waals surface area contributed by atoms with Crippen molar-refractivity contribution in [3.8, 4) is 11.8 Å². The highest BCUT2D eigenvalue weighted by Gasteiger charge is 2.12. The molecular weight excluding hydrogens is 313 g/mol. The molecule has 0 aliphatic carbocycles. The zero-order valence-corrected chi connectivity index (χ0v) is 12.6. The van der Waals surface area contributed by atoms with Gasteiger partial charge in [0.25, 0.3) is 5.91 Å². The second-order valence-electron chi connectivity index (χ2n) is 4.17. The lowest BCUT2D eigenvalue weighted by atomic mass is 10.2. The van der Waals surface area contributed by atoms with E-state index in [-0.39, 0.29) is 17.5 Å². The molecule has 3 nitrogen and oxygen atoms in total. The van der Waals surface area contributed by atoms with E-state index in [1.54, 1.807) is 6.07 Å². The first-order chi connectivity index (χ1) is 10.0. The number of hydrogen-bond donors (Lipinski definition) is 2. The van der Waals surface area contributed by atoms with Gasteiger partial charge in [0, 0.05) is 5.69 Å². The number of thiophene rings is 1. The minimum atomic E-state index is -0.539. The van der Waals surface area contributed by atoms with Gasteiger partial charge in [-0.3, -0.25) is 4.79 Å². The van der Waals surface area contributed by atoms with Gasteiger partial charge < -0.3 is 10.4 Å². The van der Waals surface area contributed by atoms with Crippen molar-refractivity contribution in [2.24, 2.45) is 0 Å². The molecular formula is C15H11ClFNO2S. The van der Waals surface area contributed by atoms with Gasteiger partial charge in [0.05, 0.1) is 14.8 Å². The first-order valence-electron chi connectivity index (χ1n) is 5.98. The van der Waals surface area contributed by atoms with Crippen molar-refractivity contribution in [3.63, 3.8) is 0 Å². The first-order valence-corrected chi connectivity index (χ1v) is 7.17. The monoisotopic (exact) mass is 323 g/mol. The molecule has 0 unspecified atom stereocenters. The van der Waals surface area contributed by atoms with Crippen molar-refractivity contribution < 1.29 is 14.3 Å². The summed E-state index contributed by atoms with van der Waals surface area (Å²) in [6.45, 7) is 1.61. The second kappa shape index (κ2) is 6.72. The van der Waals surface area contributed by atoms with E-state index in [4.69, 9.17) is 16.7 Å². The van der Waals surface area contributed by atoms with E-state index in [9.17, 15) is 9.18 Å². The van der Waals surface area contributed by atoms with Gasteiger partial charge in [0.1, 0.15) is 12.4 Å². The van der Waals surface area contributed by atoms with Crippen LogP contribution in [0.5, 0.6) is 0 Å². The van der Waals surface area contributed by atoms with Gasteiger partial charge in [-0.1, -0.05) is 23.4 Å². The van der Waals surface area contributed by atoms with Crippen LogP contribution >= 0.6 is 22.9 Å². The highest BCUT2D eigenvalue weighted by Crippen LogP contribution is 2.24. The Morgan fingerprint density at radius 3 is 2.90 bits per heavy atom. The summed E-state index contributed by atoms with van der Waals surface area (Å²) < 4.78 is 13.1. The minimum Gasteiger partial charge on any atom is -0.384 e. The third kappa shape index (κ3) is 3.82. The summed E-state index contributed by atoms with van der Waals surface area (Å²) in [7, 11) is 0. The molecule has 1 aromatic heterocycles. The Hall–Kier alpha value is -1.87. The molecule has 0 saturated carbocycles. The Bertz CT molecular complexity index is 746. The molecule has 0 fully saturated rings. The summed E-state index contributed by atoms with van der Waals surface area (Å²) in [5.41, 5.74) is 1.28. The number of aryl methyl sites for hydroxylation is 1.